The van der Waals surface area contributed by atoms with Crippen molar-refractivity contribution in [1.29, 1.82) is 0 Å². The van der Waals surface area contributed by atoms with Gasteiger partial charge in [0.2, 0.25) is 5.91 Å². The van der Waals surface area contributed by atoms with Gasteiger partial charge >= 0.3 is 0 Å². The van der Waals surface area contributed by atoms with Gasteiger partial charge in [0.05, 0.1) is 10.7 Å². The van der Waals surface area contributed by atoms with E-state index in [0.717, 1.165) is 35.2 Å². The van der Waals surface area contributed by atoms with Crippen LogP contribution in [0, 0.1) is 0 Å². The number of aromatic nitrogens is 4. The molecule has 0 saturated heterocycles. The molecule has 3 rings (SSSR count). The van der Waals surface area contributed by atoms with Crippen LogP contribution >= 0.6 is 34.7 Å². The molecule has 0 aliphatic rings. The van der Waals surface area contributed by atoms with Gasteiger partial charge in [-0.15, -0.1) is 21.5 Å². The van der Waals surface area contributed by atoms with Crippen molar-refractivity contribution in [3.63, 3.8) is 0 Å². The smallest absolute Gasteiger partial charge is 0.223 e. The van der Waals surface area contributed by atoms with Crippen LogP contribution in [0.2, 0.25) is 5.02 Å². The SMILES string of the molecule is COCCCn1c(SCc2csc(NC(C)=O)n2)nnc1-c1ccccc1Cl. The molecule has 0 atom stereocenters. The van der Waals surface area contributed by atoms with Gasteiger partial charge in [0.25, 0.3) is 0 Å². The van der Waals surface area contributed by atoms with E-state index in [1.165, 1.54) is 18.3 Å². The Bertz CT molecular complexity index is 944. The van der Waals surface area contributed by atoms with E-state index >= 15 is 0 Å². The summed E-state index contributed by atoms with van der Waals surface area (Å²) in [6, 6.07) is 7.60. The number of thiazole rings is 1. The number of hydrogen-bond acceptors (Lipinski definition) is 7. The third-order valence-corrected chi connectivity index (χ3v) is 5.88. The fourth-order valence-electron chi connectivity index (χ4n) is 2.53. The highest BCUT2D eigenvalue weighted by molar-refractivity contribution is 7.98. The lowest BCUT2D eigenvalue weighted by atomic mass is 10.2. The first-order valence-electron chi connectivity index (χ1n) is 8.60. The van der Waals surface area contributed by atoms with Crippen LogP contribution in [-0.4, -0.2) is 39.4 Å². The second-order valence-corrected chi connectivity index (χ2v) is 8.11. The third-order valence-electron chi connectivity index (χ3n) is 3.75. The van der Waals surface area contributed by atoms with Crippen LogP contribution in [0.4, 0.5) is 5.13 Å². The Morgan fingerprint density at radius 3 is 2.93 bits per heavy atom. The molecular formula is C18H20ClN5O2S2. The lowest BCUT2D eigenvalue weighted by molar-refractivity contribution is -0.114. The standard InChI is InChI=1S/C18H20ClN5O2S2/c1-12(25)20-17-21-13(10-27-17)11-28-18-23-22-16(24(18)8-5-9-26-2)14-6-3-4-7-15(14)19/h3-4,6-7,10H,5,8-9,11H2,1-2H3,(H,20,21,25). The van der Waals surface area contributed by atoms with Gasteiger partial charge in [-0.3, -0.25) is 4.79 Å². The van der Waals surface area contributed by atoms with E-state index in [0.29, 0.717) is 22.5 Å². The van der Waals surface area contributed by atoms with Gasteiger partial charge in [-0.2, -0.15) is 0 Å². The summed E-state index contributed by atoms with van der Waals surface area (Å²) in [6.45, 7) is 2.84. The van der Waals surface area contributed by atoms with Gasteiger partial charge < -0.3 is 14.6 Å². The molecule has 1 amide bonds. The number of halogens is 1. The Hall–Kier alpha value is -1.94. The van der Waals surface area contributed by atoms with Crippen LogP contribution in [-0.2, 0) is 21.8 Å². The first-order valence-corrected chi connectivity index (χ1v) is 10.8. The largest absolute Gasteiger partial charge is 0.385 e. The van der Waals surface area contributed by atoms with Crippen LogP contribution < -0.4 is 5.32 Å². The average Bonchev–Trinajstić information content (AvgIpc) is 3.27. The second-order valence-electron chi connectivity index (χ2n) is 5.90. The van der Waals surface area contributed by atoms with Crippen molar-refractivity contribution >= 4 is 45.7 Å². The number of carbonyl (C=O) groups excluding carboxylic acids is 1. The summed E-state index contributed by atoms with van der Waals surface area (Å²) in [6.07, 6.45) is 0.836. The second kappa shape index (κ2) is 10.0. The number of methoxy groups -OCH3 is 1. The summed E-state index contributed by atoms with van der Waals surface area (Å²) in [5.74, 6) is 1.23. The third kappa shape index (κ3) is 5.32. The number of carbonyl (C=O) groups is 1. The molecule has 0 aliphatic heterocycles. The molecule has 0 unspecified atom stereocenters. The summed E-state index contributed by atoms with van der Waals surface area (Å²) in [5.41, 5.74) is 1.73. The molecule has 0 fully saturated rings. The number of hydrogen-bond donors (Lipinski definition) is 1. The molecule has 0 aliphatic carbocycles. The van der Waals surface area contributed by atoms with Crippen LogP contribution in [0.1, 0.15) is 19.0 Å². The van der Waals surface area contributed by atoms with E-state index in [4.69, 9.17) is 16.3 Å². The Balaban J connectivity index is 1.79. The predicted octanol–water partition coefficient (Wildman–Crippen LogP) is 4.34. The molecule has 0 bridgehead atoms. The minimum Gasteiger partial charge on any atom is -0.385 e. The van der Waals surface area contributed by atoms with E-state index < -0.39 is 0 Å². The highest BCUT2D eigenvalue weighted by Gasteiger charge is 2.17. The topological polar surface area (TPSA) is 81.9 Å². The maximum Gasteiger partial charge on any atom is 0.223 e. The quantitative estimate of drug-likeness (QED) is 0.396. The molecule has 3 aromatic rings. The summed E-state index contributed by atoms with van der Waals surface area (Å²) in [7, 11) is 1.69. The summed E-state index contributed by atoms with van der Waals surface area (Å²) < 4.78 is 7.24. The Kier molecular flexibility index (Phi) is 7.43. The van der Waals surface area contributed by atoms with Crippen molar-refractivity contribution in [2.45, 2.75) is 30.8 Å². The Labute approximate surface area is 176 Å². The van der Waals surface area contributed by atoms with E-state index in [1.807, 2.05) is 29.6 Å². The molecular weight excluding hydrogens is 418 g/mol. The lowest BCUT2D eigenvalue weighted by Crippen LogP contribution is -2.06. The fourth-order valence-corrected chi connectivity index (χ4v) is 4.46. The van der Waals surface area contributed by atoms with Crippen molar-refractivity contribution in [1.82, 2.24) is 19.7 Å². The van der Waals surface area contributed by atoms with E-state index in [-0.39, 0.29) is 5.91 Å². The van der Waals surface area contributed by atoms with Crippen molar-refractivity contribution in [3.05, 3.63) is 40.4 Å². The zero-order valence-corrected chi connectivity index (χ0v) is 17.9. The van der Waals surface area contributed by atoms with Gasteiger partial charge in [-0.05, 0) is 18.6 Å². The van der Waals surface area contributed by atoms with Gasteiger partial charge in [0, 0.05) is 43.9 Å². The van der Waals surface area contributed by atoms with Crippen LogP contribution in [0.3, 0.4) is 0 Å². The molecule has 7 nitrogen and oxygen atoms in total. The number of ether oxygens (including phenoxy) is 1. The fraction of sp³-hybridized carbons (Fsp3) is 0.333. The maximum absolute atomic E-state index is 11.1. The van der Waals surface area contributed by atoms with Crippen molar-refractivity contribution in [3.8, 4) is 11.4 Å². The van der Waals surface area contributed by atoms with Crippen LogP contribution in [0.5, 0.6) is 0 Å². The first kappa shape index (κ1) is 20.8. The lowest BCUT2D eigenvalue weighted by Gasteiger charge is -2.10. The molecule has 2 aromatic heterocycles. The van der Waals surface area contributed by atoms with Gasteiger partial charge in [0.1, 0.15) is 0 Å². The number of amides is 1. The zero-order chi connectivity index (χ0) is 19.9. The molecule has 10 heteroatoms. The predicted molar refractivity (Wildman–Crippen MR) is 113 cm³/mol. The maximum atomic E-state index is 11.1. The van der Waals surface area contributed by atoms with E-state index in [9.17, 15) is 4.79 Å². The number of nitrogens with one attached hydrogen (secondary N) is 1. The van der Waals surface area contributed by atoms with Gasteiger partial charge in [-0.25, -0.2) is 4.98 Å². The summed E-state index contributed by atoms with van der Waals surface area (Å²) in [5, 5.41) is 15.4. The molecule has 148 valence electrons. The first-order chi connectivity index (χ1) is 13.6. The van der Waals surface area contributed by atoms with Crippen LogP contribution in [0.15, 0.2) is 34.8 Å². The number of benzene rings is 1. The van der Waals surface area contributed by atoms with E-state index in [2.05, 4.69) is 25.1 Å². The molecule has 1 aromatic carbocycles. The number of thioether (sulfide) groups is 1. The number of nitrogens with zero attached hydrogens (tertiary/aromatic N) is 4. The Morgan fingerprint density at radius 1 is 1.36 bits per heavy atom. The highest BCUT2D eigenvalue weighted by Crippen LogP contribution is 2.31. The van der Waals surface area contributed by atoms with Gasteiger partial charge in [0.15, 0.2) is 16.1 Å². The van der Waals surface area contributed by atoms with Crippen molar-refractivity contribution < 1.29 is 9.53 Å². The van der Waals surface area contributed by atoms with Crippen molar-refractivity contribution in [2.24, 2.45) is 0 Å². The number of rotatable bonds is 9. The normalized spacial score (nSPS) is 11.0. The Morgan fingerprint density at radius 2 is 2.18 bits per heavy atom. The molecule has 1 N–H and O–H groups in total. The minimum absolute atomic E-state index is 0.129. The molecule has 0 radical (unpaired) electrons. The average molecular weight is 438 g/mol. The van der Waals surface area contributed by atoms with Gasteiger partial charge in [-0.1, -0.05) is 35.5 Å². The number of anilines is 1. The summed E-state index contributed by atoms with van der Waals surface area (Å²) >= 11 is 9.32. The highest BCUT2D eigenvalue weighted by atomic mass is 35.5. The van der Waals surface area contributed by atoms with Crippen LogP contribution in [0.25, 0.3) is 11.4 Å². The minimum atomic E-state index is -0.129. The molecule has 0 spiro atoms. The molecule has 2 heterocycles. The summed E-state index contributed by atoms with van der Waals surface area (Å²) in [4.78, 5) is 15.6. The monoisotopic (exact) mass is 437 g/mol. The van der Waals surface area contributed by atoms with Crippen molar-refractivity contribution in [2.75, 3.05) is 19.0 Å². The zero-order valence-electron chi connectivity index (χ0n) is 15.5. The van der Waals surface area contributed by atoms with E-state index in [1.54, 1.807) is 18.9 Å². The molecule has 28 heavy (non-hydrogen) atoms. The molecule has 0 saturated carbocycles.